The fourth-order valence-corrected chi connectivity index (χ4v) is 4.73. The number of nitrogens with one attached hydrogen (secondary N) is 1. The summed E-state index contributed by atoms with van der Waals surface area (Å²) in [5, 5.41) is 13.4. The number of aromatic hydroxyl groups is 1. The van der Waals surface area contributed by atoms with Crippen LogP contribution in [0.3, 0.4) is 0 Å². The Balaban J connectivity index is 1.59. The van der Waals surface area contributed by atoms with Gasteiger partial charge >= 0.3 is 0 Å². The van der Waals surface area contributed by atoms with Gasteiger partial charge in [0.2, 0.25) is 11.8 Å². The van der Waals surface area contributed by atoms with E-state index in [2.05, 4.69) is 16.9 Å². The second-order valence-electron chi connectivity index (χ2n) is 8.70. The molecule has 0 bridgehead atoms. The molecule has 0 aliphatic carbocycles. The van der Waals surface area contributed by atoms with E-state index in [0.717, 1.165) is 13.1 Å². The third kappa shape index (κ3) is 4.17. The highest BCUT2D eigenvalue weighted by Crippen LogP contribution is 2.45. The van der Waals surface area contributed by atoms with Crippen molar-refractivity contribution in [3.63, 3.8) is 0 Å². The summed E-state index contributed by atoms with van der Waals surface area (Å²) in [6.07, 6.45) is 1.24. The summed E-state index contributed by atoms with van der Waals surface area (Å²) in [5.74, 6) is -1.50. The first-order valence-corrected chi connectivity index (χ1v) is 11.7. The highest BCUT2D eigenvalue weighted by molar-refractivity contribution is 6.35. The quantitative estimate of drug-likeness (QED) is 0.603. The van der Waals surface area contributed by atoms with E-state index in [1.807, 2.05) is 0 Å². The molecule has 35 heavy (non-hydrogen) atoms. The van der Waals surface area contributed by atoms with E-state index in [4.69, 9.17) is 21.1 Å². The molecule has 1 aromatic carbocycles. The van der Waals surface area contributed by atoms with Gasteiger partial charge in [-0.05, 0) is 18.2 Å². The number of halogens is 2. The van der Waals surface area contributed by atoms with Crippen LogP contribution in [0.4, 0.5) is 4.39 Å². The number of amides is 2. The van der Waals surface area contributed by atoms with Crippen molar-refractivity contribution in [3.8, 4) is 28.6 Å². The molecule has 0 spiro atoms. The molecule has 0 unspecified atom stereocenters. The van der Waals surface area contributed by atoms with Crippen molar-refractivity contribution in [2.24, 2.45) is 5.92 Å². The molecule has 11 heteroatoms. The Bertz CT molecular complexity index is 1180. The maximum absolute atomic E-state index is 14.7. The van der Waals surface area contributed by atoms with E-state index in [0.29, 0.717) is 6.54 Å². The number of phenolic OH excluding ortho intramolecular Hbond substituents is 1. The topological polar surface area (TPSA) is 104 Å². The molecule has 0 saturated carbocycles. The highest BCUT2D eigenvalue weighted by atomic mass is 35.5. The summed E-state index contributed by atoms with van der Waals surface area (Å²) in [6, 6.07) is 3.43. The number of aromatic nitrogens is 1. The molecule has 3 aliphatic heterocycles. The van der Waals surface area contributed by atoms with Crippen LogP contribution < -0.4 is 14.8 Å². The molecule has 9 nitrogen and oxygen atoms in total. The normalized spacial score (nSPS) is 19.7. The van der Waals surface area contributed by atoms with Crippen molar-refractivity contribution in [3.05, 3.63) is 47.3 Å². The maximum atomic E-state index is 14.7. The van der Waals surface area contributed by atoms with E-state index >= 15 is 0 Å². The van der Waals surface area contributed by atoms with Crippen molar-refractivity contribution >= 4 is 23.4 Å². The number of pyridine rings is 1. The standard InChI is InChI=1S/C24H24ClFN4O5/c1-2-17(32)29-6-7-30-14(10-29)12-34-22-19(24(30)33)23(35-11-13-8-27-9-13)28-21(20(22)25)18-15(26)4-3-5-16(18)31/h2-5,13-14,27,31H,1,6-12H2/t14-/m1/s1. The van der Waals surface area contributed by atoms with E-state index in [-0.39, 0.29) is 77.4 Å². The molecule has 5 rings (SSSR count). The van der Waals surface area contributed by atoms with Crippen LogP contribution in [0.1, 0.15) is 10.4 Å². The average Bonchev–Trinajstić information content (AvgIpc) is 2.96. The van der Waals surface area contributed by atoms with Gasteiger partial charge in [0.05, 0.1) is 18.2 Å². The summed E-state index contributed by atoms with van der Waals surface area (Å²) in [7, 11) is 0. The molecule has 2 N–H and O–H groups in total. The second-order valence-corrected chi connectivity index (χ2v) is 9.08. The fourth-order valence-electron chi connectivity index (χ4n) is 4.44. The van der Waals surface area contributed by atoms with Crippen LogP contribution in [0.2, 0.25) is 5.02 Å². The van der Waals surface area contributed by atoms with Crippen molar-refractivity contribution in [2.75, 3.05) is 45.9 Å². The van der Waals surface area contributed by atoms with E-state index in [9.17, 15) is 19.1 Å². The number of benzene rings is 1. The first-order valence-electron chi connectivity index (χ1n) is 11.3. The molecule has 2 saturated heterocycles. The molecular formula is C24H24ClFN4O5. The van der Waals surface area contributed by atoms with Crippen molar-refractivity contribution in [2.45, 2.75) is 6.04 Å². The lowest BCUT2D eigenvalue weighted by molar-refractivity contribution is -0.128. The second kappa shape index (κ2) is 9.35. The van der Waals surface area contributed by atoms with Crippen LogP contribution >= 0.6 is 11.6 Å². The summed E-state index contributed by atoms with van der Waals surface area (Å²) in [5.41, 5.74) is -0.247. The number of ether oxygens (including phenoxy) is 2. The third-order valence-corrected chi connectivity index (χ3v) is 6.83. The smallest absolute Gasteiger partial charge is 0.263 e. The molecule has 1 atom stereocenters. The van der Waals surface area contributed by atoms with Crippen molar-refractivity contribution in [1.82, 2.24) is 20.1 Å². The molecule has 2 aromatic rings. The van der Waals surface area contributed by atoms with Gasteiger partial charge in [-0.1, -0.05) is 24.2 Å². The van der Waals surface area contributed by atoms with Gasteiger partial charge < -0.3 is 29.7 Å². The number of carbonyl (C=O) groups is 2. The van der Waals surface area contributed by atoms with Crippen LogP contribution in [0.15, 0.2) is 30.9 Å². The van der Waals surface area contributed by atoms with Crippen molar-refractivity contribution in [1.29, 1.82) is 0 Å². The molecule has 4 heterocycles. The SMILES string of the molecule is C=CC(=O)N1CCN2C(=O)c3c(OCC4CNC4)nc(-c4c(O)cccc4F)c(Cl)c3OC[C@H]2C1. The van der Waals surface area contributed by atoms with Crippen LogP contribution in [0.5, 0.6) is 17.4 Å². The first-order chi connectivity index (χ1) is 16.9. The van der Waals surface area contributed by atoms with Crippen LogP contribution in [-0.2, 0) is 4.79 Å². The van der Waals surface area contributed by atoms with Crippen LogP contribution in [-0.4, -0.2) is 83.7 Å². The molecular weight excluding hydrogens is 479 g/mol. The van der Waals surface area contributed by atoms with Crippen LogP contribution in [0.25, 0.3) is 11.3 Å². The largest absolute Gasteiger partial charge is 0.507 e. The zero-order valence-corrected chi connectivity index (χ0v) is 19.6. The van der Waals surface area contributed by atoms with Gasteiger partial charge in [0.25, 0.3) is 5.91 Å². The Morgan fingerprint density at radius 1 is 1.37 bits per heavy atom. The number of nitrogens with zero attached hydrogens (tertiary/aromatic N) is 3. The number of hydrogen-bond acceptors (Lipinski definition) is 7. The monoisotopic (exact) mass is 502 g/mol. The maximum Gasteiger partial charge on any atom is 0.263 e. The van der Waals surface area contributed by atoms with Gasteiger partial charge in [-0.25, -0.2) is 9.37 Å². The molecule has 2 fully saturated rings. The average molecular weight is 503 g/mol. The molecule has 184 valence electrons. The summed E-state index contributed by atoms with van der Waals surface area (Å²) >= 11 is 6.64. The van der Waals surface area contributed by atoms with E-state index < -0.39 is 17.8 Å². The van der Waals surface area contributed by atoms with Gasteiger partial charge in [0, 0.05) is 38.6 Å². The number of rotatable bonds is 5. The van der Waals surface area contributed by atoms with Gasteiger partial charge in [0.1, 0.15) is 34.5 Å². The Morgan fingerprint density at radius 3 is 2.86 bits per heavy atom. The molecule has 3 aliphatic rings. The Hall–Kier alpha value is -3.37. The Morgan fingerprint density at radius 2 is 2.17 bits per heavy atom. The lowest BCUT2D eigenvalue weighted by Crippen LogP contribution is -2.57. The predicted octanol–water partition coefficient (Wildman–Crippen LogP) is 2.08. The zero-order chi connectivity index (χ0) is 24.7. The Labute approximate surface area is 206 Å². The number of carbonyl (C=O) groups excluding carboxylic acids is 2. The van der Waals surface area contributed by atoms with E-state index in [1.54, 1.807) is 9.80 Å². The van der Waals surface area contributed by atoms with Gasteiger partial charge in [-0.15, -0.1) is 0 Å². The number of fused-ring (bicyclic) bond motifs is 2. The number of piperazine rings is 1. The van der Waals surface area contributed by atoms with Gasteiger partial charge in [-0.3, -0.25) is 9.59 Å². The number of phenols is 1. The first kappa shape index (κ1) is 23.4. The predicted molar refractivity (Wildman–Crippen MR) is 125 cm³/mol. The number of hydrogen-bond donors (Lipinski definition) is 2. The van der Waals surface area contributed by atoms with Crippen LogP contribution in [0, 0.1) is 11.7 Å². The van der Waals surface area contributed by atoms with Gasteiger partial charge in [0.15, 0.2) is 5.75 Å². The molecule has 1 aromatic heterocycles. The zero-order valence-electron chi connectivity index (χ0n) is 18.8. The summed E-state index contributed by atoms with van der Waals surface area (Å²) in [4.78, 5) is 33.5. The Kier molecular flexibility index (Phi) is 6.24. The highest BCUT2D eigenvalue weighted by Gasteiger charge is 2.40. The minimum Gasteiger partial charge on any atom is -0.507 e. The van der Waals surface area contributed by atoms with Crippen molar-refractivity contribution < 1.29 is 28.6 Å². The lowest BCUT2D eigenvalue weighted by atomic mass is 10.0. The minimum atomic E-state index is -0.732. The van der Waals surface area contributed by atoms with E-state index in [1.165, 1.54) is 24.3 Å². The summed E-state index contributed by atoms with van der Waals surface area (Å²) < 4.78 is 26.7. The third-order valence-electron chi connectivity index (χ3n) is 6.48. The molecule has 0 radical (unpaired) electrons. The summed E-state index contributed by atoms with van der Waals surface area (Å²) in [6.45, 7) is 6.29. The lowest BCUT2D eigenvalue weighted by Gasteiger charge is -2.39. The minimum absolute atomic E-state index is 0.0158. The molecule has 2 amide bonds. The fraction of sp³-hybridized carbons (Fsp3) is 0.375. The van der Waals surface area contributed by atoms with Gasteiger partial charge in [-0.2, -0.15) is 0 Å².